The molecule has 2 N–H and O–H groups in total. The van der Waals surface area contributed by atoms with Crippen LogP contribution < -0.4 is 5.73 Å². The molecule has 0 amide bonds. The molecule has 8 heteroatoms. The molecular weight excluding hydrogens is 360 g/mol. The van der Waals surface area contributed by atoms with Crippen LogP contribution in [-0.4, -0.2) is 44.0 Å². The molecule has 146 valence electrons. The summed E-state index contributed by atoms with van der Waals surface area (Å²) >= 11 is 0. The second kappa shape index (κ2) is 8.64. The Morgan fingerprint density at radius 2 is 1.54 bits per heavy atom. The van der Waals surface area contributed by atoms with Crippen LogP contribution in [0.1, 0.15) is 11.3 Å². The second-order valence-corrected chi connectivity index (χ2v) is 20.5. The minimum atomic E-state index is -1.11. The molecule has 2 aromatic heterocycles. The number of nitrogens with two attached hydrogens (primary N) is 1. The first kappa shape index (κ1) is 21.1. The molecule has 0 aromatic carbocycles. The van der Waals surface area contributed by atoms with Gasteiger partial charge in [-0.05, 0) is 12.1 Å². The second-order valence-electron chi connectivity index (χ2n) is 9.25. The molecule has 2 rings (SSSR count). The van der Waals surface area contributed by atoms with Crippen molar-refractivity contribution in [3.05, 3.63) is 23.5 Å². The molecule has 0 unspecified atom stereocenters. The minimum Gasteiger partial charge on any atom is -0.383 e. The fraction of sp³-hybridized carbons (Fsp3) is 0.667. The molecule has 0 fully saturated rings. The van der Waals surface area contributed by atoms with Crippen molar-refractivity contribution in [2.45, 2.75) is 64.6 Å². The van der Waals surface area contributed by atoms with Crippen LogP contribution in [0.15, 0.2) is 12.3 Å². The van der Waals surface area contributed by atoms with Crippen LogP contribution in [0.2, 0.25) is 51.4 Å². The highest BCUT2D eigenvalue weighted by Gasteiger charge is 2.17. The molecule has 0 radical (unpaired) electrons. The lowest BCUT2D eigenvalue weighted by Gasteiger charge is -2.18. The number of rotatable bonds is 10. The summed E-state index contributed by atoms with van der Waals surface area (Å²) in [5.41, 5.74) is 8.85. The zero-order chi connectivity index (χ0) is 19.4. The number of aromatic nitrogens is 3. The van der Waals surface area contributed by atoms with E-state index in [0.29, 0.717) is 19.0 Å². The standard InChI is InChI=1S/C18H34N4O2Si2/c1-25(2,3)11-9-23-13-15-16(14-24-10-12-26(4,5)6)21-17-7-8-20-22(17)18(15)19/h7-8H,9-14,19H2,1-6H3. The van der Waals surface area contributed by atoms with E-state index in [-0.39, 0.29) is 0 Å². The van der Waals surface area contributed by atoms with Crippen molar-refractivity contribution >= 4 is 27.6 Å². The van der Waals surface area contributed by atoms with E-state index in [1.807, 2.05) is 6.07 Å². The Morgan fingerprint density at radius 3 is 2.12 bits per heavy atom. The molecule has 26 heavy (non-hydrogen) atoms. The molecule has 0 saturated carbocycles. The molecule has 0 aliphatic carbocycles. The Kier molecular flexibility index (Phi) is 7.01. The van der Waals surface area contributed by atoms with Crippen LogP contribution in [0.5, 0.6) is 0 Å². The smallest absolute Gasteiger partial charge is 0.157 e. The van der Waals surface area contributed by atoms with E-state index in [2.05, 4.69) is 44.4 Å². The number of hydrogen-bond donors (Lipinski definition) is 1. The summed E-state index contributed by atoms with van der Waals surface area (Å²) in [5, 5.41) is 4.26. The van der Waals surface area contributed by atoms with Gasteiger partial charge >= 0.3 is 0 Å². The van der Waals surface area contributed by atoms with E-state index in [4.69, 9.17) is 20.2 Å². The lowest BCUT2D eigenvalue weighted by atomic mass is 10.2. The van der Waals surface area contributed by atoms with Gasteiger partial charge in [-0.15, -0.1) is 0 Å². The topological polar surface area (TPSA) is 74.7 Å². The minimum absolute atomic E-state index is 0.450. The van der Waals surface area contributed by atoms with Crippen molar-refractivity contribution in [2.24, 2.45) is 0 Å². The summed E-state index contributed by atoms with van der Waals surface area (Å²) in [4.78, 5) is 4.69. The van der Waals surface area contributed by atoms with Gasteiger partial charge in [0.25, 0.3) is 0 Å². The fourth-order valence-corrected chi connectivity index (χ4v) is 3.94. The summed E-state index contributed by atoms with van der Waals surface area (Å²) in [6.45, 7) is 16.5. The Morgan fingerprint density at radius 1 is 0.962 bits per heavy atom. The normalized spacial score (nSPS) is 12.8. The quantitative estimate of drug-likeness (QED) is 0.486. The Labute approximate surface area is 159 Å². The monoisotopic (exact) mass is 394 g/mol. The summed E-state index contributed by atoms with van der Waals surface area (Å²) in [6.07, 6.45) is 1.71. The van der Waals surface area contributed by atoms with Crippen molar-refractivity contribution in [3.63, 3.8) is 0 Å². The first-order valence-electron chi connectivity index (χ1n) is 9.33. The molecule has 0 aliphatic rings. The largest absolute Gasteiger partial charge is 0.383 e. The van der Waals surface area contributed by atoms with Crippen LogP contribution in [-0.2, 0) is 22.7 Å². The zero-order valence-corrected chi connectivity index (χ0v) is 19.1. The highest BCUT2D eigenvalue weighted by molar-refractivity contribution is 6.76. The van der Waals surface area contributed by atoms with Gasteiger partial charge in [-0.2, -0.15) is 9.61 Å². The van der Waals surface area contributed by atoms with Gasteiger partial charge in [0, 0.05) is 41.0 Å². The lowest BCUT2D eigenvalue weighted by molar-refractivity contribution is 0.116. The van der Waals surface area contributed by atoms with E-state index in [1.54, 1.807) is 10.7 Å². The van der Waals surface area contributed by atoms with Crippen LogP contribution in [0.25, 0.3) is 5.65 Å². The maximum Gasteiger partial charge on any atom is 0.157 e. The maximum absolute atomic E-state index is 6.35. The van der Waals surface area contributed by atoms with Crippen molar-refractivity contribution in [3.8, 4) is 0 Å². The maximum atomic E-state index is 6.35. The van der Waals surface area contributed by atoms with Crippen molar-refractivity contribution in [2.75, 3.05) is 18.9 Å². The Balaban J connectivity index is 2.07. The van der Waals surface area contributed by atoms with Gasteiger partial charge in [-0.3, -0.25) is 0 Å². The first-order chi connectivity index (χ1) is 12.1. The van der Waals surface area contributed by atoms with Crippen molar-refractivity contribution in [1.82, 2.24) is 14.6 Å². The molecule has 0 atom stereocenters. The van der Waals surface area contributed by atoms with Gasteiger partial charge in [0.15, 0.2) is 5.65 Å². The average molecular weight is 395 g/mol. The van der Waals surface area contributed by atoms with E-state index in [9.17, 15) is 0 Å². The molecule has 6 nitrogen and oxygen atoms in total. The number of fused-ring (bicyclic) bond motifs is 1. The predicted molar refractivity (Wildman–Crippen MR) is 113 cm³/mol. The van der Waals surface area contributed by atoms with Gasteiger partial charge in [-0.1, -0.05) is 39.3 Å². The van der Waals surface area contributed by atoms with Gasteiger partial charge in [-0.25, -0.2) is 4.98 Å². The predicted octanol–water partition coefficient (Wildman–Crippen LogP) is 4.02. The van der Waals surface area contributed by atoms with Crippen LogP contribution in [0, 0.1) is 0 Å². The van der Waals surface area contributed by atoms with Gasteiger partial charge in [0.05, 0.1) is 25.1 Å². The summed E-state index contributed by atoms with van der Waals surface area (Å²) in [7, 11) is -2.21. The molecule has 0 aliphatic heterocycles. The Hall–Kier alpha value is -1.23. The highest BCUT2D eigenvalue weighted by atomic mass is 28.3. The SMILES string of the molecule is C[Si](C)(C)CCOCc1nc2ccnn2c(N)c1COCC[Si](C)(C)C. The lowest BCUT2D eigenvalue weighted by Crippen LogP contribution is -2.22. The number of nitrogen functional groups attached to an aromatic ring is 1. The molecule has 0 spiro atoms. The molecule has 2 heterocycles. The van der Waals surface area contributed by atoms with Crippen LogP contribution >= 0.6 is 0 Å². The van der Waals surface area contributed by atoms with Crippen molar-refractivity contribution in [1.29, 1.82) is 0 Å². The summed E-state index contributed by atoms with van der Waals surface area (Å²) in [6, 6.07) is 4.13. The van der Waals surface area contributed by atoms with Gasteiger partial charge in [0.1, 0.15) is 5.82 Å². The third kappa shape index (κ3) is 6.49. The van der Waals surface area contributed by atoms with E-state index < -0.39 is 16.1 Å². The fourth-order valence-electron chi connectivity index (χ4n) is 2.42. The summed E-state index contributed by atoms with van der Waals surface area (Å²) in [5.74, 6) is 0.594. The van der Waals surface area contributed by atoms with Crippen LogP contribution in [0.3, 0.4) is 0 Å². The van der Waals surface area contributed by atoms with E-state index in [0.717, 1.165) is 42.2 Å². The number of ether oxygens (including phenoxy) is 2. The molecular formula is C18H34N4O2Si2. The number of anilines is 1. The third-order valence-electron chi connectivity index (χ3n) is 4.24. The average Bonchev–Trinajstić information content (AvgIpc) is 2.97. The molecule has 0 saturated heterocycles. The third-order valence-corrected chi connectivity index (χ3v) is 7.64. The van der Waals surface area contributed by atoms with E-state index >= 15 is 0 Å². The first-order valence-corrected chi connectivity index (χ1v) is 16.7. The van der Waals surface area contributed by atoms with Gasteiger partial charge in [0.2, 0.25) is 0 Å². The van der Waals surface area contributed by atoms with Crippen molar-refractivity contribution < 1.29 is 9.47 Å². The van der Waals surface area contributed by atoms with Crippen LogP contribution in [0.4, 0.5) is 5.82 Å². The molecule has 2 aromatic rings. The van der Waals surface area contributed by atoms with E-state index in [1.165, 1.54) is 0 Å². The highest BCUT2D eigenvalue weighted by Crippen LogP contribution is 2.20. The van der Waals surface area contributed by atoms with Gasteiger partial charge < -0.3 is 15.2 Å². The summed E-state index contributed by atoms with van der Waals surface area (Å²) < 4.78 is 13.5. The Bertz CT molecular complexity index is 720. The number of hydrogen-bond acceptors (Lipinski definition) is 5. The molecule has 0 bridgehead atoms. The number of nitrogens with zero attached hydrogens (tertiary/aromatic N) is 3. The zero-order valence-electron chi connectivity index (χ0n) is 17.1.